The fourth-order valence-electron chi connectivity index (χ4n) is 3.69. The summed E-state index contributed by atoms with van der Waals surface area (Å²) in [5.41, 5.74) is 3.20. The van der Waals surface area contributed by atoms with E-state index in [4.69, 9.17) is 9.98 Å². The van der Waals surface area contributed by atoms with Gasteiger partial charge in [0.2, 0.25) is 5.91 Å². The van der Waals surface area contributed by atoms with Gasteiger partial charge in [0.05, 0.1) is 21.8 Å². The maximum Gasteiger partial charge on any atom is 0.227 e. The van der Waals surface area contributed by atoms with Crippen LogP contribution in [0.3, 0.4) is 0 Å². The number of amides is 1. The highest BCUT2D eigenvalue weighted by molar-refractivity contribution is 14.0. The number of nitrogens with zero attached hydrogens (tertiary/aromatic N) is 3. The van der Waals surface area contributed by atoms with Crippen molar-refractivity contribution in [2.75, 3.05) is 24.5 Å². The lowest BCUT2D eigenvalue weighted by atomic mass is 10.2. The second-order valence-corrected chi connectivity index (χ2v) is 8.73. The molecule has 2 heterocycles. The van der Waals surface area contributed by atoms with E-state index in [0.717, 1.165) is 61.6 Å². The number of aliphatic imine (C=N–C) groups is 1. The van der Waals surface area contributed by atoms with Crippen molar-refractivity contribution in [2.24, 2.45) is 4.99 Å². The van der Waals surface area contributed by atoms with E-state index in [0.29, 0.717) is 13.0 Å². The molecule has 0 radical (unpaired) electrons. The van der Waals surface area contributed by atoms with Gasteiger partial charge in [-0.3, -0.25) is 4.79 Å². The number of halogens is 1. The Morgan fingerprint density at radius 1 is 1.16 bits per heavy atom. The van der Waals surface area contributed by atoms with Gasteiger partial charge in [-0.15, -0.1) is 35.3 Å². The molecule has 6 nitrogen and oxygen atoms in total. The third-order valence-corrected chi connectivity index (χ3v) is 6.38. The highest BCUT2D eigenvalue weighted by Gasteiger charge is 2.21. The first kappa shape index (κ1) is 24.4. The number of anilines is 1. The SMILES string of the molecule is CCNC(=NCc1ccc(N2CCCC2=O)cc1)NCCCc1nc2ccccc2s1.I. The van der Waals surface area contributed by atoms with E-state index in [-0.39, 0.29) is 29.9 Å². The number of benzene rings is 2. The molecule has 170 valence electrons. The van der Waals surface area contributed by atoms with Gasteiger partial charge in [0.1, 0.15) is 0 Å². The van der Waals surface area contributed by atoms with Crippen LogP contribution in [-0.4, -0.2) is 36.5 Å². The molecule has 1 aliphatic rings. The summed E-state index contributed by atoms with van der Waals surface area (Å²) in [6.07, 6.45) is 3.57. The molecule has 0 atom stereocenters. The Morgan fingerprint density at radius 3 is 2.69 bits per heavy atom. The number of guanidine groups is 1. The monoisotopic (exact) mass is 563 g/mol. The standard InChI is InChI=1S/C24H29N5OS.HI/c1-2-25-24(26-15-5-9-22-28-20-7-3-4-8-21(20)31-22)27-17-18-11-13-19(14-12-18)29-16-6-10-23(29)30;/h3-4,7-8,11-14H,2,5-6,9-10,15-17H2,1H3,(H2,25,26,27);1H. The molecule has 4 rings (SSSR count). The second kappa shape index (κ2) is 12.2. The van der Waals surface area contributed by atoms with Gasteiger partial charge in [-0.1, -0.05) is 24.3 Å². The minimum absolute atomic E-state index is 0. The lowest BCUT2D eigenvalue weighted by Crippen LogP contribution is -2.37. The Bertz CT molecular complexity index is 1020. The van der Waals surface area contributed by atoms with E-state index in [9.17, 15) is 4.79 Å². The fraction of sp³-hybridized carbons (Fsp3) is 0.375. The van der Waals surface area contributed by atoms with Crippen LogP contribution in [0.4, 0.5) is 5.69 Å². The first-order valence-electron chi connectivity index (χ1n) is 11.0. The van der Waals surface area contributed by atoms with Crippen LogP contribution in [-0.2, 0) is 17.8 Å². The summed E-state index contributed by atoms with van der Waals surface area (Å²) >= 11 is 1.77. The molecule has 0 saturated carbocycles. The first-order valence-corrected chi connectivity index (χ1v) is 11.8. The molecule has 1 aliphatic heterocycles. The Balaban J connectivity index is 0.00000289. The molecule has 3 aromatic rings. The zero-order chi connectivity index (χ0) is 21.5. The van der Waals surface area contributed by atoms with Crippen molar-refractivity contribution in [3.63, 3.8) is 0 Å². The van der Waals surface area contributed by atoms with Crippen molar-refractivity contribution >= 4 is 63.1 Å². The minimum atomic E-state index is 0. The molecule has 32 heavy (non-hydrogen) atoms. The van der Waals surface area contributed by atoms with Crippen LogP contribution in [0.15, 0.2) is 53.5 Å². The Morgan fingerprint density at radius 2 is 1.97 bits per heavy atom. The van der Waals surface area contributed by atoms with Crippen molar-refractivity contribution in [3.05, 3.63) is 59.1 Å². The van der Waals surface area contributed by atoms with E-state index in [1.54, 1.807) is 11.3 Å². The summed E-state index contributed by atoms with van der Waals surface area (Å²) in [4.78, 5) is 23.2. The largest absolute Gasteiger partial charge is 0.357 e. The third-order valence-electron chi connectivity index (χ3n) is 5.28. The molecule has 0 bridgehead atoms. The van der Waals surface area contributed by atoms with Crippen molar-refractivity contribution in [2.45, 2.75) is 39.2 Å². The summed E-state index contributed by atoms with van der Waals surface area (Å²) in [5, 5.41) is 7.91. The molecule has 0 unspecified atom stereocenters. The Hall–Kier alpha value is -2.20. The van der Waals surface area contributed by atoms with Gasteiger partial charge >= 0.3 is 0 Å². The van der Waals surface area contributed by atoms with Gasteiger partial charge in [0.15, 0.2) is 5.96 Å². The number of hydrogen-bond donors (Lipinski definition) is 2. The predicted molar refractivity (Wildman–Crippen MR) is 144 cm³/mol. The molecule has 1 fully saturated rings. The molecule has 0 aliphatic carbocycles. The van der Waals surface area contributed by atoms with Crippen molar-refractivity contribution in [1.82, 2.24) is 15.6 Å². The van der Waals surface area contributed by atoms with Crippen LogP contribution in [0.2, 0.25) is 0 Å². The summed E-state index contributed by atoms with van der Waals surface area (Å²) in [5.74, 6) is 1.04. The van der Waals surface area contributed by atoms with Crippen LogP contribution >= 0.6 is 35.3 Å². The lowest BCUT2D eigenvalue weighted by molar-refractivity contribution is -0.117. The molecular formula is C24H30IN5OS. The zero-order valence-electron chi connectivity index (χ0n) is 18.3. The van der Waals surface area contributed by atoms with Crippen LogP contribution in [0.1, 0.15) is 36.8 Å². The molecule has 2 N–H and O–H groups in total. The summed E-state index contributed by atoms with van der Waals surface area (Å²) in [7, 11) is 0. The maximum atomic E-state index is 11.9. The summed E-state index contributed by atoms with van der Waals surface area (Å²) in [6, 6.07) is 16.4. The molecule has 8 heteroatoms. The molecule has 1 aromatic heterocycles. The van der Waals surface area contributed by atoms with E-state index < -0.39 is 0 Å². The van der Waals surface area contributed by atoms with Crippen LogP contribution in [0.25, 0.3) is 10.2 Å². The van der Waals surface area contributed by atoms with Crippen LogP contribution < -0.4 is 15.5 Å². The number of hydrogen-bond acceptors (Lipinski definition) is 4. The molecule has 0 spiro atoms. The fourth-order valence-corrected chi connectivity index (χ4v) is 4.70. The lowest BCUT2D eigenvalue weighted by Gasteiger charge is -2.16. The normalized spacial score (nSPS) is 14.0. The molecular weight excluding hydrogens is 533 g/mol. The van der Waals surface area contributed by atoms with E-state index in [2.05, 4.69) is 47.9 Å². The average Bonchev–Trinajstić information content (AvgIpc) is 3.41. The number of rotatable bonds is 8. The Labute approximate surface area is 210 Å². The van der Waals surface area contributed by atoms with Crippen molar-refractivity contribution in [1.29, 1.82) is 0 Å². The first-order chi connectivity index (χ1) is 15.2. The second-order valence-electron chi connectivity index (χ2n) is 7.62. The maximum absolute atomic E-state index is 11.9. The predicted octanol–water partition coefficient (Wildman–Crippen LogP) is 4.73. The number of nitrogens with one attached hydrogen (secondary N) is 2. The van der Waals surface area contributed by atoms with E-state index in [1.165, 1.54) is 9.71 Å². The molecule has 1 amide bonds. The van der Waals surface area contributed by atoms with Crippen molar-refractivity contribution < 1.29 is 4.79 Å². The highest BCUT2D eigenvalue weighted by Crippen LogP contribution is 2.23. The van der Waals surface area contributed by atoms with E-state index >= 15 is 0 Å². The van der Waals surface area contributed by atoms with Gasteiger partial charge in [0, 0.05) is 38.2 Å². The molecule has 1 saturated heterocycles. The van der Waals surface area contributed by atoms with Crippen molar-refractivity contribution in [3.8, 4) is 0 Å². The number of thiazole rings is 1. The summed E-state index contributed by atoms with van der Waals surface area (Å²) < 4.78 is 1.25. The van der Waals surface area contributed by atoms with Gasteiger partial charge < -0.3 is 15.5 Å². The van der Waals surface area contributed by atoms with Gasteiger partial charge in [0.25, 0.3) is 0 Å². The smallest absolute Gasteiger partial charge is 0.227 e. The van der Waals surface area contributed by atoms with Gasteiger partial charge in [-0.25, -0.2) is 9.98 Å². The number of aromatic nitrogens is 1. The highest BCUT2D eigenvalue weighted by atomic mass is 127. The minimum Gasteiger partial charge on any atom is -0.357 e. The van der Waals surface area contributed by atoms with Crippen LogP contribution in [0, 0.1) is 0 Å². The number of fused-ring (bicyclic) bond motifs is 1. The number of para-hydroxylation sites is 1. The Kier molecular flexibility index (Phi) is 9.28. The molecule has 2 aromatic carbocycles. The van der Waals surface area contributed by atoms with Crippen LogP contribution in [0.5, 0.6) is 0 Å². The number of carbonyl (C=O) groups excluding carboxylic acids is 1. The average molecular weight is 564 g/mol. The van der Waals surface area contributed by atoms with Gasteiger partial charge in [-0.2, -0.15) is 0 Å². The number of aryl methyl sites for hydroxylation is 1. The summed E-state index contributed by atoms with van der Waals surface area (Å²) in [6.45, 7) is 5.15. The number of carbonyl (C=O) groups is 1. The zero-order valence-corrected chi connectivity index (χ0v) is 21.5. The quantitative estimate of drug-likeness (QED) is 0.180. The topological polar surface area (TPSA) is 69.6 Å². The van der Waals surface area contributed by atoms with Gasteiger partial charge in [-0.05, 0) is 49.6 Å². The van der Waals surface area contributed by atoms with E-state index in [1.807, 2.05) is 23.1 Å². The third kappa shape index (κ3) is 6.41.